The molecule has 2 aromatic rings. The fourth-order valence-electron chi connectivity index (χ4n) is 2.07. The molecule has 0 fully saturated rings. The number of amides is 2. The lowest BCUT2D eigenvalue weighted by Gasteiger charge is -2.12. The molecule has 23 heavy (non-hydrogen) atoms. The molecule has 0 saturated carbocycles. The lowest BCUT2D eigenvalue weighted by atomic mass is 10.1. The van der Waals surface area contributed by atoms with Crippen LogP contribution < -0.4 is 10.6 Å². The first-order chi connectivity index (χ1) is 11.1. The zero-order valence-electron chi connectivity index (χ0n) is 13.3. The molecule has 2 rings (SSSR count). The monoisotopic (exact) mass is 331 g/mol. The number of rotatable bonds is 7. The predicted molar refractivity (Wildman–Crippen MR) is 94.2 cm³/mol. The van der Waals surface area contributed by atoms with Gasteiger partial charge in [0.2, 0.25) is 0 Å². The fourth-order valence-corrected chi connectivity index (χ4v) is 2.71. The first-order valence-electron chi connectivity index (χ1n) is 7.43. The number of benzene rings is 1. The molecule has 1 heterocycles. The number of carbonyl (C=O) groups excluding carboxylic acids is 2. The van der Waals surface area contributed by atoms with Gasteiger partial charge in [-0.3, -0.25) is 9.59 Å². The molecule has 0 saturated heterocycles. The maximum Gasteiger partial charge on any atom is 0.256 e. The molecule has 0 unspecified atom stereocenters. The minimum Gasteiger partial charge on any atom is -0.352 e. The summed E-state index contributed by atoms with van der Waals surface area (Å²) >= 11 is 1.46. The third-order valence-electron chi connectivity index (χ3n) is 3.27. The quantitative estimate of drug-likeness (QED) is 0.767. The lowest BCUT2D eigenvalue weighted by Crippen LogP contribution is -2.28. The van der Waals surface area contributed by atoms with Gasteiger partial charge in [-0.2, -0.15) is 11.3 Å². The summed E-state index contributed by atoms with van der Waals surface area (Å²) in [5.41, 5.74) is 1.59. The highest BCUT2D eigenvalue weighted by atomic mass is 32.1. The maximum atomic E-state index is 12.3. The Morgan fingerprint density at radius 2 is 1.91 bits per heavy atom. The molecular weight excluding hydrogens is 310 g/mol. The van der Waals surface area contributed by atoms with E-state index in [0.717, 1.165) is 13.0 Å². The number of thiophene rings is 1. The first-order valence-corrected chi connectivity index (χ1v) is 8.37. The highest BCUT2D eigenvalue weighted by molar-refractivity contribution is 7.08. The molecule has 2 amide bonds. The van der Waals surface area contributed by atoms with Crippen LogP contribution in [0.25, 0.3) is 0 Å². The van der Waals surface area contributed by atoms with Crippen LogP contribution in [0.15, 0.2) is 41.1 Å². The van der Waals surface area contributed by atoms with Gasteiger partial charge in [0.05, 0.1) is 16.8 Å². The van der Waals surface area contributed by atoms with Gasteiger partial charge < -0.3 is 15.5 Å². The molecule has 122 valence electrons. The Morgan fingerprint density at radius 1 is 1.13 bits per heavy atom. The van der Waals surface area contributed by atoms with Crippen molar-refractivity contribution in [2.75, 3.05) is 32.5 Å². The Balaban J connectivity index is 1.99. The molecule has 0 radical (unpaired) electrons. The Bertz CT molecular complexity index is 654. The van der Waals surface area contributed by atoms with Crippen molar-refractivity contribution in [2.24, 2.45) is 0 Å². The van der Waals surface area contributed by atoms with Crippen molar-refractivity contribution in [2.45, 2.75) is 6.42 Å². The number of anilines is 1. The van der Waals surface area contributed by atoms with Gasteiger partial charge in [0.15, 0.2) is 0 Å². The van der Waals surface area contributed by atoms with Gasteiger partial charge in [-0.15, -0.1) is 0 Å². The van der Waals surface area contributed by atoms with Crippen LogP contribution in [0.1, 0.15) is 27.1 Å². The van der Waals surface area contributed by atoms with Crippen LogP contribution in [-0.2, 0) is 0 Å². The second kappa shape index (κ2) is 8.45. The van der Waals surface area contributed by atoms with Crippen molar-refractivity contribution >= 4 is 28.8 Å². The van der Waals surface area contributed by atoms with Gasteiger partial charge >= 0.3 is 0 Å². The van der Waals surface area contributed by atoms with Gasteiger partial charge in [-0.05, 0) is 50.6 Å². The number of carbonyl (C=O) groups is 2. The molecule has 1 aromatic heterocycles. The van der Waals surface area contributed by atoms with Gasteiger partial charge in [0.25, 0.3) is 11.8 Å². The zero-order chi connectivity index (χ0) is 16.7. The number of hydrogen-bond donors (Lipinski definition) is 2. The second-order valence-electron chi connectivity index (χ2n) is 5.42. The van der Waals surface area contributed by atoms with E-state index < -0.39 is 0 Å². The molecule has 6 heteroatoms. The van der Waals surface area contributed by atoms with E-state index in [4.69, 9.17) is 0 Å². The third-order valence-corrected chi connectivity index (χ3v) is 3.95. The van der Waals surface area contributed by atoms with E-state index in [9.17, 15) is 9.59 Å². The normalized spacial score (nSPS) is 10.6. The van der Waals surface area contributed by atoms with Crippen molar-refractivity contribution in [3.05, 3.63) is 52.2 Å². The second-order valence-corrected chi connectivity index (χ2v) is 6.20. The average Bonchev–Trinajstić information content (AvgIpc) is 3.06. The summed E-state index contributed by atoms with van der Waals surface area (Å²) in [5.74, 6) is -0.385. The van der Waals surface area contributed by atoms with Crippen LogP contribution in [0, 0.1) is 0 Å². The van der Waals surface area contributed by atoms with Crippen molar-refractivity contribution in [1.29, 1.82) is 0 Å². The lowest BCUT2D eigenvalue weighted by molar-refractivity contribution is 0.0953. The van der Waals surface area contributed by atoms with Crippen LogP contribution in [0.5, 0.6) is 0 Å². The summed E-state index contributed by atoms with van der Waals surface area (Å²) in [6.45, 7) is 1.51. The Morgan fingerprint density at radius 3 is 2.61 bits per heavy atom. The van der Waals surface area contributed by atoms with Gasteiger partial charge in [0.1, 0.15) is 0 Å². The summed E-state index contributed by atoms with van der Waals surface area (Å²) < 4.78 is 0. The molecular formula is C17H21N3O2S. The summed E-state index contributed by atoms with van der Waals surface area (Å²) in [5, 5.41) is 9.31. The predicted octanol–water partition coefficient (Wildman–Crippen LogP) is 2.68. The van der Waals surface area contributed by atoms with E-state index in [1.54, 1.807) is 35.7 Å². The smallest absolute Gasteiger partial charge is 0.256 e. The minimum absolute atomic E-state index is 0.176. The summed E-state index contributed by atoms with van der Waals surface area (Å²) in [6, 6.07) is 8.79. The highest BCUT2D eigenvalue weighted by Gasteiger charge is 2.13. The van der Waals surface area contributed by atoms with Crippen LogP contribution >= 0.6 is 11.3 Å². The molecule has 0 aliphatic rings. The van der Waals surface area contributed by atoms with Crippen molar-refractivity contribution in [1.82, 2.24) is 10.2 Å². The number of nitrogens with one attached hydrogen (secondary N) is 2. The first kappa shape index (κ1) is 17.2. The van der Waals surface area contributed by atoms with E-state index >= 15 is 0 Å². The van der Waals surface area contributed by atoms with Crippen LogP contribution in [0.3, 0.4) is 0 Å². The number of hydrogen-bond acceptors (Lipinski definition) is 4. The van der Waals surface area contributed by atoms with Gasteiger partial charge in [0, 0.05) is 11.9 Å². The molecule has 1 aromatic carbocycles. The molecule has 2 N–H and O–H groups in total. The van der Waals surface area contributed by atoms with E-state index in [0.29, 0.717) is 23.4 Å². The summed E-state index contributed by atoms with van der Waals surface area (Å²) in [4.78, 5) is 26.5. The average molecular weight is 331 g/mol. The summed E-state index contributed by atoms with van der Waals surface area (Å²) in [6.07, 6.45) is 0.877. The van der Waals surface area contributed by atoms with E-state index in [2.05, 4.69) is 15.5 Å². The molecule has 0 aliphatic heterocycles. The molecule has 0 aliphatic carbocycles. The van der Waals surface area contributed by atoms with E-state index in [1.807, 2.05) is 19.5 Å². The molecule has 0 spiro atoms. The Hall–Kier alpha value is -2.18. The maximum absolute atomic E-state index is 12.3. The highest BCUT2D eigenvalue weighted by Crippen LogP contribution is 2.17. The molecule has 0 bridgehead atoms. The fraction of sp³-hybridized carbons (Fsp3) is 0.294. The molecule has 5 nitrogen and oxygen atoms in total. The standard InChI is InChI=1S/C17H21N3O2S/c1-20(2)10-5-9-18-17(22)14-6-3-4-7-15(14)19-16(21)13-8-11-23-12-13/h3-4,6-8,11-12H,5,9-10H2,1-2H3,(H,18,22)(H,19,21). The topological polar surface area (TPSA) is 61.4 Å². The number of para-hydroxylation sites is 1. The Kier molecular flexibility index (Phi) is 6.31. The minimum atomic E-state index is -0.209. The van der Waals surface area contributed by atoms with Crippen molar-refractivity contribution < 1.29 is 9.59 Å². The van der Waals surface area contributed by atoms with E-state index in [1.165, 1.54) is 11.3 Å². The Labute approximate surface area is 140 Å². The van der Waals surface area contributed by atoms with Crippen LogP contribution in [0.4, 0.5) is 5.69 Å². The van der Waals surface area contributed by atoms with Crippen LogP contribution in [-0.4, -0.2) is 43.9 Å². The summed E-state index contributed by atoms with van der Waals surface area (Å²) in [7, 11) is 3.99. The largest absolute Gasteiger partial charge is 0.352 e. The van der Waals surface area contributed by atoms with Crippen molar-refractivity contribution in [3.63, 3.8) is 0 Å². The zero-order valence-corrected chi connectivity index (χ0v) is 14.2. The SMILES string of the molecule is CN(C)CCCNC(=O)c1ccccc1NC(=O)c1ccsc1. The van der Waals surface area contributed by atoms with Gasteiger partial charge in [-0.25, -0.2) is 0 Å². The molecule has 0 atom stereocenters. The third kappa shape index (κ3) is 5.19. The van der Waals surface area contributed by atoms with Crippen LogP contribution in [0.2, 0.25) is 0 Å². The van der Waals surface area contributed by atoms with Crippen molar-refractivity contribution in [3.8, 4) is 0 Å². The van der Waals surface area contributed by atoms with E-state index in [-0.39, 0.29) is 11.8 Å². The van der Waals surface area contributed by atoms with Gasteiger partial charge in [-0.1, -0.05) is 12.1 Å². The number of nitrogens with zero attached hydrogens (tertiary/aromatic N) is 1.